The van der Waals surface area contributed by atoms with Crippen LogP contribution in [0.3, 0.4) is 0 Å². The maximum Gasteiger partial charge on any atom is 0.471 e. The summed E-state index contributed by atoms with van der Waals surface area (Å²) in [6.07, 6.45) is -4.67. The molecule has 0 aliphatic heterocycles. The van der Waals surface area contributed by atoms with Gasteiger partial charge in [0.2, 0.25) is 0 Å². The Morgan fingerprint density at radius 3 is 2.33 bits per heavy atom. The summed E-state index contributed by atoms with van der Waals surface area (Å²) in [6, 6.07) is 0. The number of alkyl halides is 3. The normalized spacial score (nSPS) is 11.4. The van der Waals surface area contributed by atoms with Crippen LogP contribution in [0.15, 0.2) is 0 Å². The van der Waals surface area contributed by atoms with Crippen molar-refractivity contribution in [2.24, 2.45) is 0 Å². The molecule has 0 fully saturated rings. The lowest BCUT2D eigenvalue weighted by Crippen LogP contribution is -2.30. The van der Waals surface area contributed by atoms with Gasteiger partial charge in [-0.15, -0.1) is 11.3 Å². The zero-order chi connectivity index (χ0) is 14.1. The van der Waals surface area contributed by atoms with Gasteiger partial charge in [0, 0.05) is 4.88 Å². The van der Waals surface area contributed by atoms with E-state index < -0.39 is 18.1 Å². The van der Waals surface area contributed by atoms with Crippen molar-refractivity contribution in [1.82, 2.24) is 0 Å². The number of aryl methyl sites for hydroxylation is 1. The van der Waals surface area contributed by atoms with Crippen LogP contribution < -0.4 is 5.32 Å². The van der Waals surface area contributed by atoms with Gasteiger partial charge in [-0.1, -0.05) is 6.92 Å². The minimum absolute atomic E-state index is 0.266. The van der Waals surface area contributed by atoms with Crippen LogP contribution in [0.1, 0.15) is 27.7 Å². The van der Waals surface area contributed by atoms with Gasteiger partial charge in [-0.05, 0) is 18.9 Å². The molecule has 18 heavy (non-hydrogen) atoms. The molecule has 0 aliphatic rings. The minimum atomic E-state index is -5.04. The number of rotatable bonds is 3. The Kier molecular flexibility index (Phi) is 4.00. The molecule has 1 heterocycles. The summed E-state index contributed by atoms with van der Waals surface area (Å²) in [6.45, 7) is 3.29. The van der Waals surface area contributed by atoms with E-state index in [0.717, 1.165) is 11.3 Å². The van der Waals surface area contributed by atoms with Gasteiger partial charge in [0.05, 0.1) is 5.56 Å². The summed E-state index contributed by atoms with van der Waals surface area (Å²) in [5, 5.41) is 10.3. The third-order valence-electron chi connectivity index (χ3n) is 2.26. The van der Waals surface area contributed by atoms with Crippen molar-refractivity contribution in [3.63, 3.8) is 0 Å². The van der Waals surface area contributed by atoms with Crippen molar-refractivity contribution in [3.8, 4) is 0 Å². The summed E-state index contributed by atoms with van der Waals surface area (Å²) < 4.78 is 36.3. The third-order valence-corrected chi connectivity index (χ3v) is 3.32. The number of hydrogen-bond acceptors (Lipinski definition) is 3. The topological polar surface area (TPSA) is 66.4 Å². The molecule has 0 atom stereocenters. The number of nitrogens with one attached hydrogen (secondary N) is 1. The average molecular weight is 281 g/mol. The first-order valence-electron chi connectivity index (χ1n) is 4.92. The number of carbonyl (C=O) groups is 2. The van der Waals surface area contributed by atoms with Gasteiger partial charge in [0.25, 0.3) is 0 Å². The molecule has 1 rings (SSSR count). The van der Waals surface area contributed by atoms with E-state index in [4.69, 9.17) is 5.11 Å². The first-order valence-corrected chi connectivity index (χ1v) is 5.73. The number of amides is 1. The molecule has 100 valence electrons. The van der Waals surface area contributed by atoms with Crippen LogP contribution in [-0.2, 0) is 11.2 Å². The van der Waals surface area contributed by atoms with Gasteiger partial charge < -0.3 is 10.4 Å². The second-order valence-electron chi connectivity index (χ2n) is 3.45. The molecule has 1 aromatic rings. The van der Waals surface area contributed by atoms with E-state index in [0.29, 0.717) is 16.9 Å². The Morgan fingerprint density at radius 2 is 1.94 bits per heavy atom. The molecule has 0 spiro atoms. The van der Waals surface area contributed by atoms with Crippen molar-refractivity contribution < 1.29 is 27.9 Å². The summed E-state index contributed by atoms with van der Waals surface area (Å²) in [7, 11) is 0. The number of aromatic carboxylic acids is 1. The number of carboxylic acids is 1. The van der Waals surface area contributed by atoms with Gasteiger partial charge in [-0.2, -0.15) is 13.2 Å². The van der Waals surface area contributed by atoms with Crippen molar-refractivity contribution in [3.05, 3.63) is 16.0 Å². The van der Waals surface area contributed by atoms with Crippen LogP contribution in [0.25, 0.3) is 0 Å². The summed E-state index contributed by atoms with van der Waals surface area (Å²) in [5.41, 5.74) is 0.169. The zero-order valence-electron chi connectivity index (χ0n) is 9.51. The second-order valence-corrected chi connectivity index (χ2v) is 4.68. The summed E-state index contributed by atoms with van der Waals surface area (Å²) in [4.78, 5) is 22.4. The second kappa shape index (κ2) is 4.97. The molecular formula is C10H10F3NO3S. The Bertz CT molecular complexity index is 493. The highest BCUT2D eigenvalue weighted by atomic mass is 32.1. The number of hydrogen-bond donors (Lipinski definition) is 2. The number of halogens is 3. The summed E-state index contributed by atoms with van der Waals surface area (Å²) >= 11 is 0.826. The molecule has 0 bridgehead atoms. The Labute approximate surface area is 104 Å². The lowest BCUT2D eigenvalue weighted by molar-refractivity contribution is -0.167. The SMILES string of the molecule is CCc1c(C)sc(NC(=O)C(F)(F)F)c1C(=O)O. The number of carboxylic acid groups (broad SMARTS) is 1. The van der Waals surface area contributed by atoms with Crippen molar-refractivity contribution >= 4 is 28.2 Å². The summed E-state index contributed by atoms with van der Waals surface area (Å²) in [5.74, 6) is -3.53. The van der Waals surface area contributed by atoms with Gasteiger partial charge in [-0.3, -0.25) is 4.79 Å². The molecule has 4 nitrogen and oxygen atoms in total. The molecular weight excluding hydrogens is 271 g/mol. The number of thiophene rings is 1. The molecule has 8 heteroatoms. The van der Waals surface area contributed by atoms with E-state index in [9.17, 15) is 22.8 Å². The van der Waals surface area contributed by atoms with Gasteiger partial charge in [-0.25, -0.2) is 4.79 Å². The molecule has 0 radical (unpaired) electrons. The maximum atomic E-state index is 12.1. The fourth-order valence-corrected chi connectivity index (χ4v) is 2.62. The average Bonchev–Trinajstić information content (AvgIpc) is 2.52. The van der Waals surface area contributed by atoms with E-state index in [1.54, 1.807) is 19.2 Å². The fourth-order valence-electron chi connectivity index (χ4n) is 1.49. The number of carbonyl (C=O) groups excluding carboxylic acids is 1. The predicted molar refractivity (Wildman–Crippen MR) is 60.1 cm³/mol. The lowest BCUT2D eigenvalue weighted by Gasteiger charge is -2.07. The first kappa shape index (κ1) is 14.5. The van der Waals surface area contributed by atoms with Crippen LogP contribution in [-0.4, -0.2) is 23.2 Å². The smallest absolute Gasteiger partial charge is 0.471 e. The maximum absolute atomic E-state index is 12.1. The number of anilines is 1. The van der Waals surface area contributed by atoms with Crippen molar-refractivity contribution in [2.45, 2.75) is 26.4 Å². The van der Waals surface area contributed by atoms with Gasteiger partial charge in [0.1, 0.15) is 5.00 Å². The van der Waals surface area contributed by atoms with Crippen LogP contribution in [0, 0.1) is 6.92 Å². The Morgan fingerprint density at radius 1 is 1.39 bits per heavy atom. The quantitative estimate of drug-likeness (QED) is 0.895. The molecule has 0 aromatic carbocycles. The van der Waals surface area contributed by atoms with E-state index >= 15 is 0 Å². The largest absolute Gasteiger partial charge is 0.478 e. The highest BCUT2D eigenvalue weighted by Gasteiger charge is 2.39. The van der Waals surface area contributed by atoms with Crippen LogP contribution in [0.2, 0.25) is 0 Å². The van der Waals surface area contributed by atoms with E-state index in [2.05, 4.69) is 0 Å². The van der Waals surface area contributed by atoms with E-state index in [1.807, 2.05) is 0 Å². The Hall–Kier alpha value is -1.57. The fraction of sp³-hybridized carbons (Fsp3) is 0.400. The van der Waals surface area contributed by atoms with Crippen molar-refractivity contribution in [1.29, 1.82) is 0 Å². The molecule has 1 aromatic heterocycles. The van der Waals surface area contributed by atoms with E-state index in [1.165, 1.54) is 0 Å². The molecule has 1 amide bonds. The van der Waals surface area contributed by atoms with Crippen LogP contribution >= 0.6 is 11.3 Å². The standard InChI is InChI=1S/C10H10F3NO3S/c1-3-5-4(2)18-7(6(5)8(15)16)14-9(17)10(11,12)13/h3H2,1-2H3,(H,14,17)(H,15,16). The molecule has 0 saturated heterocycles. The van der Waals surface area contributed by atoms with E-state index in [-0.39, 0.29) is 10.6 Å². The molecule has 0 aliphatic carbocycles. The molecule has 2 N–H and O–H groups in total. The van der Waals surface area contributed by atoms with Crippen LogP contribution in [0.4, 0.5) is 18.2 Å². The van der Waals surface area contributed by atoms with Gasteiger partial charge >= 0.3 is 18.1 Å². The molecule has 0 saturated carbocycles. The highest BCUT2D eigenvalue weighted by molar-refractivity contribution is 7.16. The molecule has 0 unspecified atom stereocenters. The monoisotopic (exact) mass is 281 g/mol. The first-order chi connectivity index (χ1) is 8.18. The predicted octanol–water partition coefficient (Wildman–Crippen LogP) is 2.82. The van der Waals surface area contributed by atoms with Gasteiger partial charge in [0.15, 0.2) is 0 Å². The van der Waals surface area contributed by atoms with Crippen molar-refractivity contribution in [2.75, 3.05) is 5.32 Å². The van der Waals surface area contributed by atoms with Crippen LogP contribution in [0.5, 0.6) is 0 Å². The highest BCUT2D eigenvalue weighted by Crippen LogP contribution is 2.34. The lowest BCUT2D eigenvalue weighted by atomic mass is 10.1. The minimum Gasteiger partial charge on any atom is -0.478 e. The Balaban J connectivity index is 3.18. The zero-order valence-corrected chi connectivity index (χ0v) is 10.3. The third kappa shape index (κ3) is 2.81.